The van der Waals surface area contributed by atoms with E-state index in [0.29, 0.717) is 39.0 Å². The lowest BCUT2D eigenvalue weighted by Crippen LogP contribution is -2.58. The highest BCUT2D eigenvalue weighted by Gasteiger charge is 2.39. The van der Waals surface area contributed by atoms with Gasteiger partial charge < -0.3 is 14.6 Å². The highest BCUT2D eigenvalue weighted by Crippen LogP contribution is 2.23. The molecule has 0 spiro atoms. The first-order valence-corrected chi connectivity index (χ1v) is 7.90. The molecule has 0 aromatic carbocycles. The summed E-state index contributed by atoms with van der Waals surface area (Å²) in [6.07, 6.45) is 2.14. The summed E-state index contributed by atoms with van der Waals surface area (Å²) in [5.74, 6) is -0.799. The van der Waals surface area contributed by atoms with Gasteiger partial charge in [0.05, 0.1) is 13.2 Å². The van der Waals surface area contributed by atoms with E-state index in [1.807, 2.05) is 13.8 Å². The van der Waals surface area contributed by atoms with Crippen LogP contribution >= 0.6 is 0 Å². The minimum atomic E-state index is -0.917. The summed E-state index contributed by atoms with van der Waals surface area (Å²) in [5, 5.41) is 12.8. The molecule has 1 atom stereocenters. The second-order valence-electron chi connectivity index (χ2n) is 5.73. The van der Waals surface area contributed by atoms with Crippen LogP contribution in [0.2, 0.25) is 0 Å². The van der Waals surface area contributed by atoms with Crippen LogP contribution in [-0.4, -0.2) is 73.6 Å². The summed E-state index contributed by atoms with van der Waals surface area (Å²) < 4.78 is 10.8. The lowest BCUT2D eigenvalue weighted by molar-refractivity contribution is -0.145. The Labute approximate surface area is 127 Å². The maximum Gasteiger partial charge on any atom is 0.324 e. The van der Waals surface area contributed by atoms with E-state index < -0.39 is 11.5 Å². The molecule has 1 unspecified atom stereocenters. The number of ether oxygens (including phenoxy) is 2. The average molecular weight is 302 g/mol. The van der Waals surface area contributed by atoms with E-state index in [9.17, 15) is 9.90 Å². The molecule has 0 bridgehead atoms. The molecule has 21 heavy (non-hydrogen) atoms. The molecule has 0 saturated heterocycles. The minimum Gasteiger partial charge on any atom is -0.480 e. The molecule has 6 heteroatoms. The number of carbonyl (C=O) groups is 1. The zero-order valence-electron chi connectivity index (χ0n) is 13.6. The van der Waals surface area contributed by atoms with Crippen LogP contribution in [0.25, 0.3) is 0 Å². The number of nitrogens with one attached hydrogen (secondary N) is 1. The van der Waals surface area contributed by atoms with E-state index in [1.54, 1.807) is 6.92 Å². The van der Waals surface area contributed by atoms with Crippen LogP contribution in [0.15, 0.2) is 0 Å². The Morgan fingerprint density at radius 1 is 1.24 bits per heavy atom. The number of rotatable bonds is 13. The average Bonchev–Trinajstić information content (AvgIpc) is 3.22. The Hall–Kier alpha value is -0.690. The van der Waals surface area contributed by atoms with Crippen LogP contribution in [0.1, 0.15) is 33.6 Å². The molecule has 0 heterocycles. The molecule has 0 amide bonds. The molecule has 0 aliphatic heterocycles. The molecule has 2 N–H and O–H groups in total. The first kappa shape index (κ1) is 18.4. The summed E-state index contributed by atoms with van der Waals surface area (Å²) in [4.78, 5) is 13.7. The van der Waals surface area contributed by atoms with Gasteiger partial charge in [-0.05, 0) is 33.6 Å². The first-order valence-electron chi connectivity index (χ1n) is 7.90. The molecule has 1 aliphatic carbocycles. The standard InChI is InChI=1S/C15H30N2O4/c1-4-20-10-8-17(9-11-21-5-2)12-15(3,14(18)19)16-13-6-7-13/h13,16H,4-12H2,1-3H3,(H,18,19). The predicted molar refractivity (Wildman–Crippen MR) is 81.6 cm³/mol. The lowest BCUT2D eigenvalue weighted by Gasteiger charge is -2.33. The topological polar surface area (TPSA) is 71.0 Å². The van der Waals surface area contributed by atoms with Gasteiger partial charge in [0.1, 0.15) is 5.54 Å². The summed E-state index contributed by atoms with van der Waals surface area (Å²) in [7, 11) is 0. The van der Waals surface area contributed by atoms with Crippen molar-refractivity contribution in [2.24, 2.45) is 0 Å². The molecule has 1 fully saturated rings. The fourth-order valence-electron chi connectivity index (χ4n) is 2.25. The number of hydrogen-bond donors (Lipinski definition) is 2. The van der Waals surface area contributed by atoms with E-state index in [2.05, 4.69) is 10.2 Å². The zero-order valence-corrected chi connectivity index (χ0v) is 13.6. The van der Waals surface area contributed by atoms with Crippen molar-refractivity contribution >= 4 is 5.97 Å². The fourth-order valence-corrected chi connectivity index (χ4v) is 2.25. The highest BCUT2D eigenvalue weighted by atomic mass is 16.5. The van der Waals surface area contributed by atoms with Crippen molar-refractivity contribution in [2.45, 2.75) is 45.2 Å². The first-order chi connectivity index (χ1) is 10.0. The van der Waals surface area contributed by atoms with Gasteiger partial charge in [-0.25, -0.2) is 0 Å². The van der Waals surface area contributed by atoms with Crippen molar-refractivity contribution in [3.05, 3.63) is 0 Å². The second-order valence-corrected chi connectivity index (χ2v) is 5.73. The molecule has 1 saturated carbocycles. The zero-order chi connectivity index (χ0) is 15.7. The van der Waals surface area contributed by atoms with Crippen molar-refractivity contribution in [2.75, 3.05) is 46.1 Å². The van der Waals surface area contributed by atoms with Gasteiger partial charge in [-0.2, -0.15) is 0 Å². The van der Waals surface area contributed by atoms with E-state index in [1.165, 1.54) is 0 Å². The van der Waals surface area contributed by atoms with Gasteiger partial charge in [-0.1, -0.05) is 0 Å². The molecular weight excluding hydrogens is 272 g/mol. The summed E-state index contributed by atoms with van der Waals surface area (Å²) in [5.41, 5.74) is -0.917. The molecule has 0 radical (unpaired) electrons. The number of hydrogen-bond acceptors (Lipinski definition) is 5. The summed E-state index contributed by atoms with van der Waals surface area (Å²) in [6.45, 7) is 10.2. The Bertz CT molecular complexity index is 300. The number of aliphatic carboxylic acids is 1. The number of carboxylic acid groups (broad SMARTS) is 1. The van der Waals surface area contributed by atoms with Gasteiger partial charge in [-0.3, -0.25) is 15.0 Å². The number of carboxylic acids is 1. The van der Waals surface area contributed by atoms with Crippen LogP contribution in [0.4, 0.5) is 0 Å². The summed E-state index contributed by atoms with van der Waals surface area (Å²) >= 11 is 0. The largest absolute Gasteiger partial charge is 0.480 e. The molecule has 0 aromatic rings. The van der Waals surface area contributed by atoms with Crippen molar-refractivity contribution < 1.29 is 19.4 Å². The van der Waals surface area contributed by atoms with Crippen molar-refractivity contribution in [3.8, 4) is 0 Å². The molecular formula is C15H30N2O4. The van der Waals surface area contributed by atoms with E-state index in [4.69, 9.17) is 9.47 Å². The monoisotopic (exact) mass is 302 g/mol. The van der Waals surface area contributed by atoms with Crippen LogP contribution in [0, 0.1) is 0 Å². The van der Waals surface area contributed by atoms with E-state index in [0.717, 1.165) is 25.9 Å². The van der Waals surface area contributed by atoms with Gasteiger partial charge >= 0.3 is 5.97 Å². The predicted octanol–water partition coefficient (Wildman–Crippen LogP) is 0.957. The van der Waals surface area contributed by atoms with Crippen molar-refractivity contribution in [1.82, 2.24) is 10.2 Å². The fraction of sp³-hybridized carbons (Fsp3) is 0.933. The smallest absolute Gasteiger partial charge is 0.324 e. The normalized spacial score (nSPS) is 17.9. The van der Waals surface area contributed by atoms with Gasteiger partial charge in [0, 0.05) is 38.9 Å². The quantitative estimate of drug-likeness (QED) is 0.494. The highest BCUT2D eigenvalue weighted by molar-refractivity contribution is 5.78. The van der Waals surface area contributed by atoms with Crippen molar-refractivity contribution in [3.63, 3.8) is 0 Å². The van der Waals surface area contributed by atoms with Gasteiger partial charge in [0.2, 0.25) is 0 Å². The maximum absolute atomic E-state index is 11.6. The van der Waals surface area contributed by atoms with Crippen LogP contribution in [0.3, 0.4) is 0 Å². The Morgan fingerprint density at radius 2 is 1.76 bits per heavy atom. The van der Waals surface area contributed by atoms with Gasteiger partial charge in [-0.15, -0.1) is 0 Å². The summed E-state index contributed by atoms with van der Waals surface area (Å²) in [6, 6.07) is 0.353. The third-order valence-corrected chi connectivity index (χ3v) is 3.62. The van der Waals surface area contributed by atoms with Crippen LogP contribution in [0.5, 0.6) is 0 Å². The second kappa shape index (κ2) is 9.35. The van der Waals surface area contributed by atoms with Gasteiger partial charge in [0.25, 0.3) is 0 Å². The van der Waals surface area contributed by atoms with Crippen LogP contribution in [-0.2, 0) is 14.3 Å². The third kappa shape index (κ3) is 7.22. The lowest BCUT2D eigenvalue weighted by atomic mass is 10.0. The number of nitrogens with zero attached hydrogens (tertiary/aromatic N) is 1. The van der Waals surface area contributed by atoms with Gasteiger partial charge in [0.15, 0.2) is 0 Å². The Kier molecular flexibility index (Phi) is 8.18. The van der Waals surface area contributed by atoms with E-state index in [-0.39, 0.29) is 0 Å². The third-order valence-electron chi connectivity index (χ3n) is 3.62. The molecule has 0 aromatic heterocycles. The van der Waals surface area contributed by atoms with E-state index >= 15 is 0 Å². The van der Waals surface area contributed by atoms with Crippen LogP contribution < -0.4 is 5.32 Å². The molecule has 6 nitrogen and oxygen atoms in total. The Morgan fingerprint density at radius 3 is 2.14 bits per heavy atom. The molecule has 124 valence electrons. The maximum atomic E-state index is 11.6. The molecule has 1 aliphatic rings. The Balaban J connectivity index is 2.53. The molecule has 1 rings (SSSR count). The van der Waals surface area contributed by atoms with Crippen molar-refractivity contribution in [1.29, 1.82) is 0 Å². The minimum absolute atomic E-state index is 0.353. The SMILES string of the molecule is CCOCCN(CCOCC)CC(C)(NC1CC1)C(=O)O.